The van der Waals surface area contributed by atoms with E-state index in [1.807, 2.05) is 0 Å². The van der Waals surface area contributed by atoms with E-state index in [1.165, 1.54) is 12.0 Å². The lowest BCUT2D eigenvalue weighted by Gasteiger charge is -2.05. The fourth-order valence-electron chi connectivity index (χ4n) is 1.35. The van der Waals surface area contributed by atoms with Crippen molar-refractivity contribution < 1.29 is 4.74 Å². The van der Waals surface area contributed by atoms with Gasteiger partial charge in [-0.1, -0.05) is 11.6 Å². The van der Waals surface area contributed by atoms with Crippen LogP contribution in [0.2, 0.25) is 0 Å². The Balaban J connectivity index is 2.06. The molecule has 0 aromatic carbocycles. The van der Waals surface area contributed by atoms with Gasteiger partial charge in [-0.15, -0.1) is 0 Å². The van der Waals surface area contributed by atoms with Gasteiger partial charge < -0.3 is 10.5 Å². The van der Waals surface area contributed by atoms with Gasteiger partial charge in [0.1, 0.15) is 6.10 Å². The molecule has 2 rings (SSSR count). The molecular weight excluding hydrogens is 114 g/mol. The van der Waals surface area contributed by atoms with Gasteiger partial charge in [0, 0.05) is 6.54 Å². The fourth-order valence-corrected chi connectivity index (χ4v) is 1.35. The second-order valence-corrected chi connectivity index (χ2v) is 2.71. The highest BCUT2D eigenvalue weighted by molar-refractivity contribution is 5.17. The van der Waals surface area contributed by atoms with Crippen LogP contribution in [-0.4, -0.2) is 18.8 Å². The lowest BCUT2D eigenvalue weighted by molar-refractivity contribution is 0.385. The Morgan fingerprint density at radius 3 is 3.33 bits per heavy atom. The summed E-state index contributed by atoms with van der Waals surface area (Å²) in [7, 11) is 0. The Morgan fingerprint density at radius 2 is 2.67 bits per heavy atom. The van der Waals surface area contributed by atoms with Gasteiger partial charge in [0.15, 0.2) is 0 Å². The number of hydrogen-bond donors (Lipinski definition) is 1. The van der Waals surface area contributed by atoms with E-state index < -0.39 is 0 Å². The van der Waals surface area contributed by atoms with Crippen molar-refractivity contribution in [2.45, 2.75) is 25.0 Å². The number of rotatable bonds is 1. The summed E-state index contributed by atoms with van der Waals surface area (Å²) < 4.78 is 5.28. The van der Waals surface area contributed by atoms with Gasteiger partial charge in [-0.3, -0.25) is 0 Å². The normalized spacial score (nSPS) is 39.4. The summed E-state index contributed by atoms with van der Waals surface area (Å²) in [5, 5.41) is 0. The highest BCUT2D eigenvalue weighted by Crippen LogP contribution is 2.34. The Kier molecular flexibility index (Phi) is 1.10. The summed E-state index contributed by atoms with van der Waals surface area (Å²) in [4.78, 5) is 0. The molecule has 9 heavy (non-hydrogen) atoms. The predicted molar refractivity (Wildman–Crippen MR) is 35.0 cm³/mol. The molecule has 50 valence electrons. The van der Waals surface area contributed by atoms with E-state index in [1.54, 1.807) is 0 Å². The van der Waals surface area contributed by atoms with Crippen molar-refractivity contribution in [3.63, 3.8) is 0 Å². The second kappa shape index (κ2) is 1.82. The fraction of sp³-hybridized carbons (Fsp3) is 0.714. The molecule has 0 spiro atoms. The van der Waals surface area contributed by atoms with E-state index in [0.717, 1.165) is 6.42 Å². The predicted octanol–water partition coefficient (Wildman–Crippen LogP) is 0.433. The summed E-state index contributed by atoms with van der Waals surface area (Å²) in [6, 6.07) is 0. The van der Waals surface area contributed by atoms with Gasteiger partial charge in [0.25, 0.3) is 0 Å². The topological polar surface area (TPSA) is 38.5 Å². The average molecular weight is 125 g/mol. The second-order valence-electron chi connectivity index (χ2n) is 2.71. The van der Waals surface area contributed by atoms with Crippen LogP contribution >= 0.6 is 0 Å². The summed E-state index contributed by atoms with van der Waals surface area (Å²) in [6.45, 7) is 0.715. The standard InChI is InChI=1S/C7H11NO/c8-4-5-1-2-6-7(3-5)9-6/h3,6-7H,1-2,4,8H2/t6-,7+/m0/s1. The molecule has 1 heterocycles. The van der Waals surface area contributed by atoms with Crippen molar-refractivity contribution in [1.82, 2.24) is 0 Å². The van der Waals surface area contributed by atoms with E-state index >= 15 is 0 Å². The number of hydrogen-bond acceptors (Lipinski definition) is 2. The summed E-state index contributed by atoms with van der Waals surface area (Å²) in [5.74, 6) is 0. The summed E-state index contributed by atoms with van der Waals surface area (Å²) in [5.41, 5.74) is 6.83. The molecule has 1 aliphatic heterocycles. The Hall–Kier alpha value is -0.340. The zero-order valence-electron chi connectivity index (χ0n) is 5.34. The van der Waals surface area contributed by atoms with Gasteiger partial charge in [-0.2, -0.15) is 0 Å². The van der Waals surface area contributed by atoms with E-state index in [-0.39, 0.29) is 0 Å². The van der Waals surface area contributed by atoms with Gasteiger partial charge in [0.05, 0.1) is 6.10 Å². The minimum atomic E-state index is 0.442. The Labute approximate surface area is 54.7 Å². The van der Waals surface area contributed by atoms with Crippen LogP contribution in [0.25, 0.3) is 0 Å². The highest BCUT2D eigenvalue weighted by atomic mass is 16.6. The Bertz CT molecular complexity index is 153. The molecule has 0 radical (unpaired) electrons. The van der Waals surface area contributed by atoms with Crippen molar-refractivity contribution in [2.75, 3.05) is 6.54 Å². The Morgan fingerprint density at radius 1 is 1.78 bits per heavy atom. The third-order valence-corrected chi connectivity index (χ3v) is 2.03. The summed E-state index contributed by atoms with van der Waals surface area (Å²) >= 11 is 0. The molecule has 0 aromatic rings. The maximum atomic E-state index is 5.46. The molecule has 0 saturated carbocycles. The van der Waals surface area contributed by atoms with E-state index in [0.29, 0.717) is 18.8 Å². The lowest BCUT2D eigenvalue weighted by Crippen LogP contribution is -2.09. The van der Waals surface area contributed by atoms with Crippen LogP contribution in [0.1, 0.15) is 12.8 Å². The number of epoxide rings is 1. The maximum Gasteiger partial charge on any atom is 0.103 e. The largest absolute Gasteiger partial charge is 0.365 e. The van der Waals surface area contributed by atoms with Crippen molar-refractivity contribution in [3.8, 4) is 0 Å². The molecule has 2 aliphatic rings. The van der Waals surface area contributed by atoms with Crippen molar-refractivity contribution in [3.05, 3.63) is 11.6 Å². The van der Waals surface area contributed by atoms with Gasteiger partial charge in [0.2, 0.25) is 0 Å². The molecule has 2 nitrogen and oxygen atoms in total. The molecular formula is C7H11NO. The molecule has 0 aromatic heterocycles. The first-order valence-corrected chi connectivity index (χ1v) is 3.45. The van der Waals surface area contributed by atoms with Crippen molar-refractivity contribution in [1.29, 1.82) is 0 Å². The molecule has 1 fully saturated rings. The van der Waals surface area contributed by atoms with Crippen LogP contribution in [0.5, 0.6) is 0 Å². The molecule has 0 amide bonds. The maximum absolute atomic E-state index is 5.46. The minimum absolute atomic E-state index is 0.442. The number of ether oxygens (including phenoxy) is 1. The van der Waals surface area contributed by atoms with Crippen LogP contribution in [-0.2, 0) is 4.74 Å². The minimum Gasteiger partial charge on any atom is -0.365 e. The molecule has 1 saturated heterocycles. The first-order chi connectivity index (χ1) is 4.40. The lowest BCUT2D eigenvalue weighted by atomic mass is 10.0. The smallest absolute Gasteiger partial charge is 0.103 e. The quantitative estimate of drug-likeness (QED) is 0.408. The zero-order chi connectivity index (χ0) is 6.27. The third kappa shape index (κ3) is 0.884. The molecule has 2 heteroatoms. The van der Waals surface area contributed by atoms with Crippen LogP contribution in [0, 0.1) is 0 Å². The number of fused-ring (bicyclic) bond motifs is 1. The van der Waals surface area contributed by atoms with Gasteiger partial charge in [-0.25, -0.2) is 0 Å². The number of nitrogens with two attached hydrogens (primary N) is 1. The average Bonchev–Trinajstić information content (AvgIpc) is 2.64. The van der Waals surface area contributed by atoms with Crippen LogP contribution in [0.15, 0.2) is 11.6 Å². The molecule has 0 unspecified atom stereocenters. The van der Waals surface area contributed by atoms with Gasteiger partial charge >= 0.3 is 0 Å². The monoisotopic (exact) mass is 125 g/mol. The molecule has 2 atom stereocenters. The van der Waals surface area contributed by atoms with E-state index in [9.17, 15) is 0 Å². The molecule has 1 aliphatic carbocycles. The first kappa shape index (κ1) is 5.45. The molecule has 2 N–H and O–H groups in total. The first-order valence-electron chi connectivity index (χ1n) is 3.45. The van der Waals surface area contributed by atoms with Crippen LogP contribution in [0.3, 0.4) is 0 Å². The molecule has 0 bridgehead atoms. The third-order valence-electron chi connectivity index (χ3n) is 2.03. The highest BCUT2D eigenvalue weighted by Gasteiger charge is 2.39. The summed E-state index contributed by atoms with van der Waals surface area (Å²) in [6.07, 6.45) is 5.51. The van der Waals surface area contributed by atoms with E-state index in [2.05, 4.69) is 6.08 Å². The van der Waals surface area contributed by atoms with Crippen molar-refractivity contribution >= 4 is 0 Å². The SMILES string of the molecule is NCC1=C[C@H]2O[C@H]2CC1. The van der Waals surface area contributed by atoms with Crippen LogP contribution in [0.4, 0.5) is 0 Å². The van der Waals surface area contributed by atoms with Gasteiger partial charge in [-0.05, 0) is 12.8 Å². The van der Waals surface area contributed by atoms with E-state index in [4.69, 9.17) is 10.5 Å². The van der Waals surface area contributed by atoms with Crippen molar-refractivity contribution in [2.24, 2.45) is 5.73 Å². The van der Waals surface area contributed by atoms with Crippen LogP contribution < -0.4 is 5.73 Å². The zero-order valence-corrected chi connectivity index (χ0v) is 5.34.